The number of ether oxygens (including phenoxy) is 1. The van der Waals surface area contributed by atoms with Crippen LogP contribution in [-0.2, 0) is 9.53 Å². The Labute approximate surface area is 154 Å². The zero-order chi connectivity index (χ0) is 18.5. The Morgan fingerprint density at radius 2 is 2.00 bits per heavy atom. The van der Waals surface area contributed by atoms with E-state index in [4.69, 9.17) is 20.8 Å². The molecule has 1 aromatic heterocycles. The van der Waals surface area contributed by atoms with Crippen LogP contribution >= 0.6 is 11.6 Å². The second-order valence-corrected chi connectivity index (χ2v) is 5.86. The van der Waals surface area contributed by atoms with Gasteiger partial charge in [-0.1, -0.05) is 23.7 Å². The first-order valence-electron chi connectivity index (χ1n) is 7.75. The molecule has 0 aliphatic carbocycles. The van der Waals surface area contributed by atoms with Crippen molar-refractivity contribution in [2.75, 3.05) is 0 Å². The average molecular weight is 373 g/mol. The normalized spacial score (nSPS) is 12.3. The molecule has 0 unspecified atom stereocenters. The summed E-state index contributed by atoms with van der Waals surface area (Å²) in [5, 5.41) is 8.33. The minimum absolute atomic E-state index is 0.147. The Morgan fingerprint density at radius 1 is 1.23 bits per heavy atom. The smallest absolute Gasteiger partial charge is 0.331 e. The lowest BCUT2D eigenvalue weighted by Gasteiger charge is -2.06. The van der Waals surface area contributed by atoms with Gasteiger partial charge in [-0.15, -0.1) is 10.2 Å². The second kappa shape index (κ2) is 7.93. The van der Waals surface area contributed by atoms with Crippen LogP contribution in [0.2, 0.25) is 5.02 Å². The predicted molar refractivity (Wildman–Crippen MR) is 94.7 cm³/mol. The summed E-state index contributed by atoms with van der Waals surface area (Å²) in [5.74, 6) is -0.549. The Hall–Kier alpha value is -2.99. The summed E-state index contributed by atoms with van der Waals surface area (Å²) in [6, 6.07) is 12.7. The van der Waals surface area contributed by atoms with Gasteiger partial charge < -0.3 is 9.15 Å². The lowest BCUT2D eigenvalue weighted by Crippen LogP contribution is -2.06. The molecule has 132 valence electrons. The van der Waals surface area contributed by atoms with E-state index < -0.39 is 12.1 Å². The molecule has 3 aromatic rings. The van der Waals surface area contributed by atoms with Gasteiger partial charge in [0.05, 0.1) is 0 Å². The van der Waals surface area contributed by atoms with Gasteiger partial charge in [-0.05, 0) is 55.0 Å². The molecular weight excluding hydrogens is 359 g/mol. The van der Waals surface area contributed by atoms with Gasteiger partial charge in [0.25, 0.3) is 5.89 Å². The molecule has 0 spiro atoms. The van der Waals surface area contributed by atoms with E-state index in [1.807, 2.05) is 6.07 Å². The van der Waals surface area contributed by atoms with Gasteiger partial charge in [-0.25, -0.2) is 9.18 Å². The molecule has 0 bridgehead atoms. The van der Waals surface area contributed by atoms with Crippen LogP contribution in [0.25, 0.3) is 17.5 Å². The first-order chi connectivity index (χ1) is 12.5. The molecule has 0 fully saturated rings. The fourth-order valence-electron chi connectivity index (χ4n) is 2.15. The summed E-state index contributed by atoms with van der Waals surface area (Å²) in [7, 11) is 0. The van der Waals surface area contributed by atoms with Gasteiger partial charge in [0.15, 0.2) is 6.10 Å². The van der Waals surface area contributed by atoms with Gasteiger partial charge in [0, 0.05) is 16.7 Å². The van der Waals surface area contributed by atoms with Crippen LogP contribution in [-0.4, -0.2) is 16.2 Å². The van der Waals surface area contributed by atoms with Crippen molar-refractivity contribution in [3.63, 3.8) is 0 Å². The summed E-state index contributed by atoms with van der Waals surface area (Å²) in [6.45, 7) is 1.62. The van der Waals surface area contributed by atoms with Crippen molar-refractivity contribution in [2.45, 2.75) is 13.0 Å². The molecule has 0 aliphatic heterocycles. The Kier molecular flexibility index (Phi) is 5.43. The third-order valence-corrected chi connectivity index (χ3v) is 3.67. The molecular formula is C19H14ClFN2O3. The lowest BCUT2D eigenvalue weighted by atomic mass is 10.2. The maximum absolute atomic E-state index is 13.0. The molecule has 0 saturated heterocycles. The highest BCUT2D eigenvalue weighted by Gasteiger charge is 2.18. The largest absolute Gasteiger partial charge is 0.449 e. The molecule has 0 N–H and O–H groups in total. The molecule has 0 radical (unpaired) electrons. The molecule has 0 saturated carbocycles. The van der Waals surface area contributed by atoms with Gasteiger partial charge in [0.2, 0.25) is 5.89 Å². The SMILES string of the molecule is C[C@@H](OC(=O)/C=C/c1cccc(Cl)c1)c1nnc(-c2ccc(F)cc2)o1. The van der Waals surface area contributed by atoms with E-state index >= 15 is 0 Å². The van der Waals surface area contributed by atoms with Crippen molar-refractivity contribution in [1.82, 2.24) is 10.2 Å². The van der Waals surface area contributed by atoms with E-state index in [1.165, 1.54) is 30.3 Å². The number of aromatic nitrogens is 2. The fraction of sp³-hybridized carbons (Fsp3) is 0.105. The van der Waals surface area contributed by atoms with Gasteiger partial charge in [0.1, 0.15) is 5.82 Å². The average Bonchev–Trinajstić information content (AvgIpc) is 3.11. The van der Waals surface area contributed by atoms with Crippen LogP contribution in [0.15, 0.2) is 59.0 Å². The van der Waals surface area contributed by atoms with Crippen molar-refractivity contribution in [3.05, 3.63) is 76.9 Å². The number of rotatable bonds is 5. The first-order valence-corrected chi connectivity index (χ1v) is 8.12. The van der Waals surface area contributed by atoms with E-state index in [2.05, 4.69) is 10.2 Å². The highest BCUT2D eigenvalue weighted by atomic mass is 35.5. The van der Waals surface area contributed by atoms with Gasteiger partial charge >= 0.3 is 5.97 Å². The van der Waals surface area contributed by atoms with Crippen LogP contribution < -0.4 is 0 Å². The van der Waals surface area contributed by atoms with Crippen LogP contribution in [0, 0.1) is 5.82 Å². The monoisotopic (exact) mass is 372 g/mol. The second-order valence-electron chi connectivity index (χ2n) is 5.42. The summed E-state index contributed by atoms with van der Waals surface area (Å²) in [4.78, 5) is 11.9. The third kappa shape index (κ3) is 4.55. The van der Waals surface area contributed by atoms with Crippen LogP contribution in [0.3, 0.4) is 0 Å². The number of esters is 1. The van der Waals surface area contributed by atoms with Crippen molar-refractivity contribution < 1.29 is 18.3 Å². The van der Waals surface area contributed by atoms with E-state index in [-0.39, 0.29) is 17.6 Å². The Balaban J connectivity index is 1.63. The number of carbonyl (C=O) groups excluding carboxylic acids is 1. The highest BCUT2D eigenvalue weighted by Crippen LogP contribution is 2.22. The third-order valence-electron chi connectivity index (χ3n) is 3.43. The van der Waals surface area contributed by atoms with Crippen molar-refractivity contribution in [2.24, 2.45) is 0 Å². The van der Waals surface area contributed by atoms with Crippen molar-refractivity contribution in [1.29, 1.82) is 0 Å². The van der Waals surface area contributed by atoms with E-state index in [9.17, 15) is 9.18 Å². The quantitative estimate of drug-likeness (QED) is 0.473. The number of hydrogen-bond acceptors (Lipinski definition) is 5. The molecule has 3 rings (SSSR count). The maximum atomic E-state index is 13.0. The lowest BCUT2D eigenvalue weighted by molar-refractivity contribution is -0.143. The number of nitrogens with zero attached hydrogens (tertiary/aromatic N) is 2. The van der Waals surface area contributed by atoms with Crippen molar-refractivity contribution in [3.8, 4) is 11.5 Å². The summed E-state index contributed by atoms with van der Waals surface area (Å²) in [6.07, 6.45) is 2.16. The molecule has 0 aliphatic rings. The van der Waals surface area contributed by atoms with Crippen LogP contribution in [0.4, 0.5) is 4.39 Å². The highest BCUT2D eigenvalue weighted by molar-refractivity contribution is 6.30. The Bertz CT molecular complexity index is 938. The van der Waals surface area contributed by atoms with Crippen LogP contribution in [0.1, 0.15) is 24.5 Å². The minimum atomic E-state index is -0.729. The molecule has 26 heavy (non-hydrogen) atoms. The number of halogens is 2. The standard InChI is InChI=1S/C19H14ClFN2O3/c1-12(25-17(24)10-5-13-3-2-4-15(20)11-13)18-22-23-19(26-18)14-6-8-16(21)9-7-14/h2-12H,1H3/b10-5+/t12-/m1/s1. The molecule has 1 heterocycles. The van der Waals surface area contributed by atoms with E-state index in [1.54, 1.807) is 31.2 Å². The number of hydrogen-bond donors (Lipinski definition) is 0. The number of carbonyl (C=O) groups is 1. The minimum Gasteiger partial charge on any atom is -0.449 e. The van der Waals surface area contributed by atoms with E-state index in [0.29, 0.717) is 10.6 Å². The van der Waals surface area contributed by atoms with Crippen molar-refractivity contribution >= 4 is 23.6 Å². The molecule has 7 heteroatoms. The van der Waals surface area contributed by atoms with Gasteiger partial charge in [-0.3, -0.25) is 0 Å². The summed E-state index contributed by atoms with van der Waals surface area (Å²) < 4.78 is 23.7. The Morgan fingerprint density at radius 3 is 2.73 bits per heavy atom. The number of benzene rings is 2. The van der Waals surface area contributed by atoms with Gasteiger partial charge in [-0.2, -0.15) is 0 Å². The molecule has 0 amide bonds. The fourth-order valence-corrected chi connectivity index (χ4v) is 2.35. The first kappa shape index (κ1) is 17.8. The summed E-state index contributed by atoms with van der Waals surface area (Å²) in [5.41, 5.74) is 1.35. The van der Waals surface area contributed by atoms with Crippen LogP contribution in [0.5, 0.6) is 0 Å². The zero-order valence-corrected chi connectivity index (χ0v) is 14.5. The maximum Gasteiger partial charge on any atom is 0.331 e. The molecule has 1 atom stereocenters. The topological polar surface area (TPSA) is 65.2 Å². The molecule has 2 aromatic carbocycles. The summed E-state index contributed by atoms with van der Waals surface area (Å²) >= 11 is 5.89. The zero-order valence-electron chi connectivity index (χ0n) is 13.7. The predicted octanol–water partition coefficient (Wildman–Crippen LogP) is 4.85. The molecule has 5 nitrogen and oxygen atoms in total. The van der Waals surface area contributed by atoms with E-state index in [0.717, 1.165) is 5.56 Å².